The van der Waals surface area contributed by atoms with Gasteiger partial charge in [0.05, 0.1) is 0 Å². The molecule has 0 aliphatic carbocycles. The highest BCUT2D eigenvalue weighted by Gasteiger charge is 2.06. The van der Waals surface area contributed by atoms with Crippen LogP contribution in [-0.4, -0.2) is 27.4 Å². The average molecular weight is 213 g/mol. The standard InChI is InChI=1S/C9H15N3OS/c1-6-8(10)11-7(2)12-9(6)14-5-3-4-13/h13H,3-5H2,1-2H3,(H2,10,11,12). The zero-order valence-electron chi connectivity index (χ0n) is 8.45. The number of aliphatic hydroxyl groups is 1. The number of nitrogen functional groups attached to an aromatic ring is 1. The van der Waals surface area contributed by atoms with Gasteiger partial charge in [0.25, 0.3) is 0 Å². The summed E-state index contributed by atoms with van der Waals surface area (Å²) in [5.41, 5.74) is 6.64. The number of nitrogens with two attached hydrogens (primary N) is 1. The average Bonchev–Trinajstić information content (AvgIpc) is 2.13. The van der Waals surface area contributed by atoms with Gasteiger partial charge in [-0.1, -0.05) is 0 Å². The summed E-state index contributed by atoms with van der Waals surface area (Å²) in [5, 5.41) is 9.57. The maximum absolute atomic E-state index is 8.65. The number of aliphatic hydroxyl groups excluding tert-OH is 1. The van der Waals surface area contributed by atoms with Gasteiger partial charge in [-0.25, -0.2) is 9.97 Å². The predicted octanol–water partition coefficient (Wildman–Crippen LogP) is 1.15. The Bertz CT molecular complexity index is 317. The van der Waals surface area contributed by atoms with Crippen LogP contribution >= 0.6 is 11.8 Å². The maximum atomic E-state index is 8.65. The molecule has 0 radical (unpaired) electrons. The molecule has 0 amide bonds. The quantitative estimate of drug-likeness (QED) is 0.446. The molecule has 3 N–H and O–H groups in total. The van der Waals surface area contributed by atoms with E-state index in [9.17, 15) is 0 Å². The summed E-state index contributed by atoms with van der Waals surface area (Å²) in [7, 11) is 0. The second kappa shape index (κ2) is 5.17. The number of nitrogens with zero attached hydrogens (tertiary/aromatic N) is 2. The first-order valence-electron chi connectivity index (χ1n) is 4.49. The molecule has 0 fully saturated rings. The van der Waals surface area contributed by atoms with Gasteiger partial charge in [-0.15, -0.1) is 11.8 Å². The van der Waals surface area contributed by atoms with Crippen molar-refractivity contribution in [2.45, 2.75) is 25.3 Å². The Hall–Kier alpha value is -0.810. The molecule has 0 saturated heterocycles. The van der Waals surface area contributed by atoms with E-state index >= 15 is 0 Å². The lowest BCUT2D eigenvalue weighted by Gasteiger charge is -2.06. The monoisotopic (exact) mass is 213 g/mol. The first kappa shape index (κ1) is 11.3. The first-order chi connectivity index (χ1) is 6.65. The van der Waals surface area contributed by atoms with Crippen LogP contribution in [0.15, 0.2) is 5.03 Å². The van der Waals surface area contributed by atoms with Crippen molar-refractivity contribution in [3.8, 4) is 0 Å². The van der Waals surface area contributed by atoms with Gasteiger partial charge in [0.15, 0.2) is 0 Å². The molecule has 0 aliphatic rings. The van der Waals surface area contributed by atoms with E-state index in [-0.39, 0.29) is 6.61 Å². The number of hydrogen-bond acceptors (Lipinski definition) is 5. The van der Waals surface area contributed by atoms with E-state index in [4.69, 9.17) is 10.8 Å². The Morgan fingerprint density at radius 1 is 1.36 bits per heavy atom. The van der Waals surface area contributed by atoms with Gasteiger partial charge in [0.1, 0.15) is 16.7 Å². The summed E-state index contributed by atoms with van der Waals surface area (Å²) in [6.07, 6.45) is 0.771. The Morgan fingerprint density at radius 2 is 2.07 bits per heavy atom. The molecule has 14 heavy (non-hydrogen) atoms. The molecule has 0 atom stereocenters. The number of thioether (sulfide) groups is 1. The Kier molecular flexibility index (Phi) is 4.16. The van der Waals surface area contributed by atoms with Crippen molar-refractivity contribution in [2.75, 3.05) is 18.1 Å². The third kappa shape index (κ3) is 2.85. The normalized spacial score (nSPS) is 10.5. The van der Waals surface area contributed by atoms with Crippen LogP contribution < -0.4 is 5.73 Å². The van der Waals surface area contributed by atoms with Crippen molar-refractivity contribution in [3.05, 3.63) is 11.4 Å². The molecule has 0 spiro atoms. The van der Waals surface area contributed by atoms with Gasteiger partial charge in [0.2, 0.25) is 0 Å². The van der Waals surface area contributed by atoms with E-state index in [1.807, 2.05) is 13.8 Å². The van der Waals surface area contributed by atoms with E-state index in [2.05, 4.69) is 9.97 Å². The minimum absolute atomic E-state index is 0.214. The molecular weight excluding hydrogens is 198 g/mol. The van der Waals surface area contributed by atoms with E-state index in [0.717, 1.165) is 22.8 Å². The summed E-state index contributed by atoms with van der Waals surface area (Å²) in [5.74, 6) is 2.09. The number of aromatic nitrogens is 2. The van der Waals surface area contributed by atoms with E-state index < -0.39 is 0 Å². The van der Waals surface area contributed by atoms with Crippen molar-refractivity contribution in [3.63, 3.8) is 0 Å². The highest BCUT2D eigenvalue weighted by atomic mass is 32.2. The van der Waals surface area contributed by atoms with Gasteiger partial charge in [-0.2, -0.15) is 0 Å². The van der Waals surface area contributed by atoms with E-state index in [0.29, 0.717) is 11.6 Å². The topological polar surface area (TPSA) is 72.0 Å². The highest BCUT2D eigenvalue weighted by molar-refractivity contribution is 7.99. The Labute approximate surface area is 88.0 Å². The van der Waals surface area contributed by atoms with Gasteiger partial charge >= 0.3 is 0 Å². The fourth-order valence-electron chi connectivity index (χ4n) is 0.997. The van der Waals surface area contributed by atoms with Gasteiger partial charge in [-0.05, 0) is 20.3 Å². The SMILES string of the molecule is Cc1nc(N)c(C)c(SCCCO)n1. The third-order valence-corrected chi connectivity index (χ3v) is 2.96. The van der Waals surface area contributed by atoms with Crippen LogP contribution in [0.2, 0.25) is 0 Å². The molecule has 4 nitrogen and oxygen atoms in total. The number of anilines is 1. The van der Waals surface area contributed by atoms with Crippen LogP contribution in [0.1, 0.15) is 17.8 Å². The van der Waals surface area contributed by atoms with E-state index in [1.54, 1.807) is 11.8 Å². The molecule has 1 aromatic rings. The second-order valence-electron chi connectivity index (χ2n) is 3.01. The molecular formula is C9H15N3OS. The van der Waals surface area contributed by atoms with Crippen LogP contribution in [-0.2, 0) is 0 Å². The largest absolute Gasteiger partial charge is 0.396 e. The van der Waals surface area contributed by atoms with Crippen molar-refractivity contribution < 1.29 is 5.11 Å². The van der Waals surface area contributed by atoms with Crippen LogP contribution in [0, 0.1) is 13.8 Å². The predicted molar refractivity (Wildman–Crippen MR) is 58.3 cm³/mol. The third-order valence-electron chi connectivity index (χ3n) is 1.79. The van der Waals surface area contributed by atoms with Gasteiger partial charge in [-0.3, -0.25) is 0 Å². The fourth-order valence-corrected chi connectivity index (χ4v) is 1.98. The zero-order valence-corrected chi connectivity index (χ0v) is 9.27. The summed E-state index contributed by atoms with van der Waals surface area (Å²) in [4.78, 5) is 8.36. The van der Waals surface area contributed by atoms with Crippen LogP contribution in [0.4, 0.5) is 5.82 Å². The first-order valence-corrected chi connectivity index (χ1v) is 5.48. The number of hydrogen-bond donors (Lipinski definition) is 2. The highest BCUT2D eigenvalue weighted by Crippen LogP contribution is 2.23. The summed E-state index contributed by atoms with van der Waals surface area (Å²) < 4.78 is 0. The lowest BCUT2D eigenvalue weighted by atomic mass is 10.3. The second-order valence-corrected chi connectivity index (χ2v) is 4.10. The molecule has 5 heteroatoms. The lowest BCUT2D eigenvalue weighted by Crippen LogP contribution is -2.01. The molecule has 0 saturated carbocycles. The van der Waals surface area contributed by atoms with Crippen LogP contribution in [0.25, 0.3) is 0 Å². The smallest absolute Gasteiger partial charge is 0.131 e. The molecule has 1 aromatic heterocycles. The molecule has 0 aliphatic heterocycles. The summed E-state index contributed by atoms with van der Waals surface area (Å²) in [6.45, 7) is 3.95. The Morgan fingerprint density at radius 3 is 2.71 bits per heavy atom. The lowest BCUT2D eigenvalue weighted by molar-refractivity contribution is 0.296. The minimum Gasteiger partial charge on any atom is -0.396 e. The molecule has 78 valence electrons. The fraction of sp³-hybridized carbons (Fsp3) is 0.556. The molecule has 0 bridgehead atoms. The van der Waals surface area contributed by atoms with Crippen molar-refractivity contribution in [2.24, 2.45) is 0 Å². The maximum Gasteiger partial charge on any atom is 0.131 e. The van der Waals surface area contributed by atoms with Crippen LogP contribution in [0.3, 0.4) is 0 Å². The van der Waals surface area contributed by atoms with Crippen molar-refractivity contribution >= 4 is 17.6 Å². The van der Waals surface area contributed by atoms with Gasteiger partial charge < -0.3 is 10.8 Å². The van der Waals surface area contributed by atoms with Crippen molar-refractivity contribution in [1.29, 1.82) is 0 Å². The summed E-state index contributed by atoms with van der Waals surface area (Å²) in [6, 6.07) is 0. The summed E-state index contributed by atoms with van der Waals surface area (Å²) >= 11 is 1.61. The molecule has 1 rings (SSSR count). The molecule has 0 aromatic carbocycles. The van der Waals surface area contributed by atoms with E-state index in [1.165, 1.54) is 0 Å². The van der Waals surface area contributed by atoms with Crippen LogP contribution in [0.5, 0.6) is 0 Å². The Balaban J connectivity index is 2.75. The molecule has 1 heterocycles. The molecule has 0 unspecified atom stereocenters. The zero-order chi connectivity index (χ0) is 10.6. The van der Waals surface area contributed by atoms with Gasteiger partial charge in [0, 0.05) is 17.9 Å². The van der Waals surface area contributed by atoms with Crippen molar-refractivity contribution in [1.82, 2.24) is 9.97 Å². The number of rotatable bonds is 4. The minimum atomic E-state index is 0.214. The number of aryl methyl sites for hydroxylation is 1.